The first-order chi connectivity index (χ1) is 24.8. The second-order valence-electron chi connectivity index (χ2n) is 13.9. The highest BCUT2D eigenvalue weighted by atomic mass is 16.5. The third-order valence-corrected chi connectivity index (χ3v) is 8.78. The van der Waals surface area contributed by atoms with Crippen LogP contribution in [0.25, 0.3) is 0 Å². The number of carbonyl (C=O) groups is 3. The maximum Gasteiger partial charge on any atom is 0.322 e. The number of carboxylic acid groups (broad SMARTS) is 2. The summed E-state index contributed by atoms with van der Waals surface area (Å²) in [4.78, 5) is 31.4. The molecule has 0 aromatic rings. The molecule has 8 nitrogen and oxygen atoms in total. The van der Waals surface area contributed by atoms with E-state index in [1.54, 1.807) is 0 Å². The zero-order valence-corrected chi connectivity index (χ0v) is 33.7. The Morgan fingerprint density at radius 2 is 0.824 bits per heavy atom. The van der Waals surface area contributed by atoms with Crippen LogP contribution in [0.3, 0.4) is 0 Å². The van der Waals surface area contributed by atoms with Crippen molar-refractivity contribution in [1.82, 2.24) is 0 Å². The highest BCUT2D eigenvalue weighted by molar-refractivity contribution is 5.75. The third-order valence-electron chi connectivity index (χ3n) is 8.78. The summed E-state index contributed by atoms with van der Waals surface area (Å²) in [6.07, 6.45) is 44.9. The number of ether oxygens (including phenoxy) is 1. The predicted octanol–water partition coefficient (Wildman–Crippen LogP) is 11.8. The van der Waals surface area contributed by atoms with Gasteiger partial charge in [-0.15, -0.1) is 0 Å². The van der Waals surface area contributed by atoms with E-state index >= 15 is 0 Å². The Bertz CT molecular complexity index is 736. The molecule has 1 atom stereocenters. The normalized spacial score (nSPS) is 11.5. The van der Waals surface area contributed by atoms with E-state index in [2.05, 4.69) is 42.9 Å². The van der Waals surface area contributed by atoms with Gasteiger partial charge in [0.25, 0.3) is 0 Å². The fraction of sp³-hybridized carbons (Fsp3) is 0.837. The molecule has 0 unspecified atom stereocenters. The summed E-state index contributed by atoms with van der Waals surface area (Å²) >= 11 is 0. The summed E-state index contributed by atoms with van der Waals surface area (Å²) < 4.78 is 4.45. The number of rotatable bonds is 35. The third kappa shape index (κ3) is 54.7. The average molecular weight is 725 g/mol. The molecule has 0 aliphatic rings. The molecule has 0 radical (unpaired) electrons. The van der Waals surface area contributed by atoms with Gasteiger partial charge in [0.2, 0.25) is 0 Å². The monoisotopic (exact) mass is 725 g/mol. The van der Waals surface area contributed by atoms with Crippen LogP contribution >= 0.6 is 0 Å². The van der Waals surface area contributed by atoms with Gasteiger partial charge >= 0.3 is 17.9 Å². The first-order valence-electron chi connectivity index (χ1n) is 21.0. The number of hydrogen-bond donors (Lipinski definition) is 4. The number of carboxylic acids is 2. The molecular weight excluding hydrogens is 640 g/mol. The zero-order valence-electron chi connectivity index (χ0n) is 33.7. The fourth-order valence-corrected chi connectivity index (χ4v) is 5.47. The molecule has 0 aromatic carbocycles. The van der Waals surface area contributed by atoms with Crippen molar-refractivity contribution in [1.29, 1.82) is 0 Å². The molecule has 51 heavy (non-hydrogen) atoms. The largest absolute Gasteiger partial charge is 0.481 e. The van der Waals surface area contributed by atoms with E-state index in [-0.39, 0.29) is 5.97 Å². The van der Waals surface area contributed by atoms with Crippen LogP contribution in [0.2, 0.25) is 0 Å². The van der Waals surface area contributed by atoms with Gasteiger partial charge in [-0.1, -0.05) is 147 Å². The molecule has 0 bridgehead atoms. The summed E-state index contributed by atoms with van der Waals surface area (Å²) in [5, 5.41) is 17.0. The topological polar surface area (TPSA) is 153 Å². The molecule has 0 amide bonds. The summed E-state index contributed by atoms with van der Waals surface area (Å²) in [6, 6.07) is -0.480. The molecule has 0 saturated heterocycles. The maximum atomic E-state index is 10.7. The standard InChI is InChI=1S/2C18H34O2.C7H16N2O2/c2*1-2-3-4-5-6-7-8-9-10-11-12-13-14-15-16-17-18(19)20;1-11-7(10)6(9)4-2-3-5-8/h2*9-10H,2-8,11-17H2,1H3,(H,19,20);6H,2-5,8-9H2,1H3/t;;6-/m..0/s1. The molecule has 0 fully saturated rings. The smallest absolute Gasteiger partial charge is 0.322 e. The number of hydrogen-bond acceptors (Lipinski definition) is 6. The van der Waals surface area contributed by atoms with Crippen molar-refractivity contribution < 1.29 is 29.3 Å². The quantitative estimate of drug-likeness (QED) is 0.0286. The van der Waals surface area contributed by atoms with Gasteiger partial charge in [-0.3, -0.25) is 14.4 Å². The van der Waals surface area contributed by atoms with Gasteiger partial charge in [0.1, 0.15) is 6.04 Å². The first kappa shape index (κ1) is 53.2. The van der Waals surface area contributed by atoms with Crippen LogP contribution in [0.4, 0.5) is 0 Å². The summed E-state index contributed by atoms with van der Waals surface area (Å²) in [5.41, 5.74) is 10.7. The Hall–Kier alpha value is -2.19. The van der Waals surface area contributed by atoms with Gasteiger partial charge in [-0.2, -0.15) is 0 Å². The second kappa shape index (κ2) is 47.8. The zero-order chi connectivity index (χ0) is 38.5. The second-order valence-corrected chi connectivity index (χ2v) is 13.9. The Labute approximate surface area is 315 Å². The van der Waals surface area contributed by atoms with Crippen LogP contribution in [0, 0.1) is 0 Å². The maximum absolute atomic E-state index is 10.7. The number of esters is 1. The van der Waals surface area contributed by atoms with Crippen molar-refractivity contribution in [2.75, 3.05) is 13.7 Å². The molecular formula is C43H84N2O6. The number of carbonyl (C=O) groups excluding carboxylic acids is 1. The minimum absolute atomic E-state index is 0.332. The van der Waals surface area contributed by atoms with Crippen molar-refractivity contribution in [3.05, 3.63) is 24.3 Å². The summed E-state index contributed by atoms with van der Waals surface area (Å²) in [5.74, 6) is -1.67. The van der Waals surface area contributed by atoms with Crippen LogP contribution in [0.1, 0.15) is 213 Å². The van der Waals surface area contributed by atoms with Crippen LogP contribution in [0.5, 0.6) is 0 Å². The first-order valence-corrected chi connectivity index (χ1v) is 21.0. The molecule has 8 heteroatoms. The van der Waals surface area contributed by atoms with Crippen LogP contribution in [-0.2, 0) is 19.1 Å². The van der Waals surface area contributed by atoms with Gasteiger partial charge in [0, 0.05) is 12.8 Å². The van der Waals surface area contributed by atoms with E-state index in [0.717, 1.165) is 38.5 Å². The lowest BCUT2D eigenvalue weighted by Gasteiger charge is -2.07. The van der Waals surface area contributed by atoms with Crippen molar-refractivity contribution in [2.24, 2.45) is 11.5 Å². The van der Waals surface area contributed by atoms with E-state index in [9.17, 15) is 14.4 Å². The number of aliphatic carboxylic acids is 2. The SMILES string of the molecule is CCCCCCCCC=CCCCCCCCC(=O)O.CCCCCCCCC=CCCCCCCCC(=O)O.COC(=O)[C@@H](N)CCCCN. The lowest BCUT2D eigenvalue weighted by atomic mass is 10.1. The Balaban J connectivity index is -0.000000708. The fourth-order valence-electron chi connectivity index (χ4n) is 5.47. The summed E-state index contributed by atoms with van der Waals surface area (Å²) in [7, 11) is 1.34. The minimum Gasteiger partial charge on any atom is -0.481 e. The van der Waals surface area contributed by atoms with Crippen LogP contribution < -0.4 is 11.5 Å². The van der Waals surface area contributed by atoms with E-state index in [1.807, 2.05) is 0 Å². The Morgan fingerprint density at radius 3 is 1.12 bits per heavy atom. The van der Waals surface area contributed by atoms with E-state index < -0.39 is 18.0 Å². The number of methoxy groups -OCH3 is 1. The van der Waals surface area contributed by atoms with Crippen molar-refractivity contribution in [2.45, 2.75) is 219 Å². The van der Waals surface area contributed by atoms with Crippen molar-refractivity contribution in [3.8, 4) is 0 Å². The molecule has 0 heterocycles. The average Bonchev–Trinajstić information content (AvgIpc) is 3.11. The van der Waals surface area contributed by atoms with Gasteiger partial charge in [-0.25, -0.2) is 0 Å². The van der Waals surface area contributed by atoms with Gasteiger partial charge < -0.3 is 26.4 Å². The molecule has 0 aliphatic carbocycles. The number of allylic oxidation sites excluding steroid dienone is 4. The van der Waals surface area contributed by atoms with Gasteiger partial charge in [0.15, 0.2) is 0 Å². The van der Waals surface area contributed by atoms with Crippen LogP contribution in [0.15, 0.2) is 24.3 Å². The van der Waals surface area contributed by atoms with Crippen molar-refractivity contribution in [3.63, 3.8) is 0 Å². The lowest BCUT2D eigenvalue weighted by molar-refractivity contribution is -0.142. The molecule has 0 rings (SSSR count). The predicted molar refractivity (Wildman–Crippen MR) is 217 cm³/mol. The highest BCUT2D eigenvalue weighted by Crippen LogP contribution is 2.11. The molecule has 0 saturated carbocycles. The van der Waals surface area contributed by atoms with Crippen molar-refractivity contribution >= 4 is 17.9 Å². The van der Waals surface area contributed by atoms with E-state index in [0.29, 0.717) is 25.8 Å². The molecule has 6 N–H and O–H groups in total. The van der Waals surface area contributed by atoms with Gasteiger partial charge in [-0.05, 0) is 83.6 Å². The summed E-state index contributed by atoms with van der Waals surface area (Å²) in [6.45, 7) is 5.16. The van der Waals surface area contributed by atoms with Crippen LogP contribution in [-0.4, -0.2) is 47.8 Å². The van der Waals surface area contributed by atoms with Gasteiger partial charge in [0.05, 0.1) is 7.11 Å². The molecule has 0 aromatic heterocycles. The number of unbranched alkanes of at least 4 members (excludes halogenated alkanes) is 23. The molecule has 0 aliphatic heterocycles. The Kier molecular flexibility index (Phi) is 49.8. The highest BCUT2D eigenvalue weighted by Gasteiger charge is 2.11. The molecule has 302 valence electrons. The number of nitrogens with two attached hydrogens (primary N) is 2. The molecule has 0 spiro atoms. The minimum atomic E-state index is -0.664. The van der Waals surface area contributed by atoms with E-state index in [4.69, 9.17) is 21.7 Å². The Morgan fingerprint density at radius 1 is 0.510 bits per heavy atom. The lowest BCUT2D eigenvalue weighted by Crippen LogP contribution is -2.31. The van der Waals surface area contributed by atoms with E-state index in [1.165, 1.54) is 148 Å².